The molecule has 2 rings (SSSR count). The van der Waals surface area contributed by atoms with E-state index in [1.165, 1.54) is 0 Å². The Balaban J connectivity index is 2.42. The van der Waals surface area contributed by atoms with Crippen LogP contribution in [0.4, 0.5) is 13.2 Å². The van der Waals surface area contributed by atoms with Crippen LogP contribution in [-0.2, 0) is 4.79 Å². The number of hydrogen-bond donors (Lipinski definition) is 0. The van der Waals surface area contributed by atoms with Crippen LogP contribution in [0.25, 0.3) is 0 Å². The monoisotopic (exact) mass is 311 g/mol. The molecule has 0 atom stereocenters. The molecule has 1 aliphatic carbocycles. The zero-order chi connectivity index (χ0) is 11.9. The fourth-order valence-corrected chi connectivity index (χ4v) is 2.68. The number of aliphatic imine (C=N–C) groups is 1. The molecule has 7 heteroatoms. The summed E-state index contributed by atoms with van der Waals surface area (Å²) in [6.07, 6.45) is 1.83. The van der Waals surface area contributed by atoms with E-state index >= 15 is 0 Å². The van der Waals surface area contributed by atoms with Crippen LogP contribution in [0.1, 0.15) is 12.8 Å². The minimum absolute atomic E-state index is 0.0976. The van der Waals surface area contributed by atoms with Crippen LogP contribution in [0.2, 0.25) is 0 Å². The standard InChI is InChI=1S/C9H5BrF3NOS/c10-4-1-2-5(15)7-6(3-14-8(4)7)16-9(11,12)13/h3H,1-2H2. The summed E-state index contributed by atoms with van der Waals surface area (Å²) in [6.45, 7) is 0. The molecule has 86 valence electrons. The number of allylic oxidation sites excluding steroid dienone is 3. The number of thioether (sulfide) groups is 1. The third-order valence-electron chi connectivity index (χ3n) is 2.13. The first-order chi connectivity index (χ1) is 7.38. The van der Waals surface area contributed by atoms with Gasteiger partial charge in [0.25, 0.3) is 0 Å². The van der Waals surface area contributed by atoms with Gasteiger partial charge in [-0.25, -0.2) is 0 Å². The number of fused-ring (bicyclic) bond motifs is 1. The molecule has 0 aromatic carbocycles. The largest absolute Gasteiger partial charge is 0.446 e. The maximum atomic E-state index is 12.2. The van der Waals surface area contributed by atoms with Crippen molar-refractivity contribution < 1.29 is 18.0 Å². The fraction of sp³-hybridized carbons (Fsp3) is 0.333. The molecule has 0 saturated heterocycles. The Kier molecular flexibility index (Phi) is 3.00. The lowest BCUT2D eigenvalue weighted by Crippen LogP contribution is -2.11. The molecule has 0 N–H and O–H groups in total. The average Bonchev–Trinajstić information content (AvgIpc) is 2.54. The van der Waals surface area contributed by atoms with Crippen molar-refractivity contribution in [3.05, 3.63) is 20.7 Å². The zero-order valence-electron chi connectivity index (χ0n) is 7.77. The van der Waals surface area contributed by atoms with E-state index in [4.69, 9.17) is 0 Å². The molecule has 0 aromatic heterocycles. The highest BCUT2D eigenvalue weighted by molar-refractivity contribution is 9.11. The predicted molar refractivity (Wildman–Crippen MR) is 59.4 cm³/mol. The third-order valence-corrected chi connectivity index (χ3v) is 3.66. The van der Waals surface area contributed by atoms with Gasteiger partial charge in [0.05, 0.1) is 11.3 Å². The van der Waals surface area contributed by atoms with Crippen LogP contribution in [0.5, 0.6) is 0 Å². The molecular formula is C9H5BrF3NOS. The van der Waals surface area contributed by atoms with Gasteiger partial charge in [-0.3, -0.25) is 9.79 Å². The van der Waals surface area contributed by atoms with Crippen LogP contribution in [0.15, 0.2) is 25.7 Å². The van der Waals surface area contributed by atoms with Gasteiger partial charge in [0.15, 0.2) is 5.78 Å². The smallest absolute Gasteiger partial charge is 0.294 e. The van der Waals surface area contributed by atoms with E-state index in [9.17, 15) is 18.0 Å². The van der Waals surface area contributed by atoms with Crippen molar-refractivity contribution in [2.24, 2.45) is 4.99 Å². The summed E-state index contributed by atoms with van der Waals surface area (Å²) < 4.78 is 37.3. The summed E-state index contributed by atoms with van der Waals surface area (Å²) in [5.41, 5.74) is -3.95. The highest BCUT2D eigenvalue weighted by Crippen LogP contribution is 2.44. The number of halogens is 4. The minimum atomic E-state index is -4.39. The fourth-order valence-electron chi connectivity index (χ4n) is 1.51. The SMILES string of the molecule is O=C1CCC(Br)=C2N=CC(SC(F)(F)F)=C12. The molecule has 2 nitrogen and oxygen atoms in total. The number of rotatable bonds is 1. The molecule has 0 radical (unpaired) electrons. The molecule has 0 saturated carbocycles. The van der Waals surface area contributed by atoms with Gasteiger partial charge in [0, 0.05) is 22.0 Å². The predicted octanol–water partition coefficient (Wildman–Crippen LogP) is 3.55. The van der Waals surface area contributed by atoms with Crippen LogP contribution in [0, 0.1) is 0 Å². The lowest BCUT2D eigenvalue weighted by Gasteiger charge is -2.14. The minimum Gasteiger partial charge on any atom is -0.294 e. The number of carbonyl (C=O) groups is 1. The van der Waals surface area contributed by atoms with Gasteiger partial charge in [0.2, 0.25) is 0 Å². The van der Waals surface area contributed by atoms with E-state index in [1.807, 2.05) is 0 Å². The van der Waals surface area contributed by atoms with Gasteiger partial charge in [-0.1, -0.05) is 15.9 Å². The van der Waals surface area contributed by atoms with E-state index in [2.05, 4.69) is 20.9 Å². The second kappa shape index (κ2) is 4.03. The van der Waals surface area contributed by atoms with Gasteiger partial charge in [-0.2, -0.15) is 13.2 Å². The highest BCUT2D eigenvalue weighted by Gasteiger charge is 2.36. The maximum Gasteiger partial charge on any atom is 0.446 e. The van der Waals surface area contributed by atoms with E-state index in [1.54, 1.807) is 0 Å². The first kappa shape index (κ1) is 11.9. The van der Waals surface area contributed by atoms with Gasteiger partial charge in [0.1, 0.15) is 0 Å². The Morgan fingerprint density at radius 3 is 2.69 bits per heavy atom. The van der Waals surface area contributed by atoms with Crippen molar-refractivity contribution in [3.63, 3.8) is 0 Å². The second-order valence-corrected chi connectivity index (χ2v) is 5.29. The van der Waals surface area contributed by atoms with E-state index in [0.29, 0.717) is 16.6 Å². The number of carbonyl (C=O) groups excluding carboxylic acids is 1. The number of ketones is 1. The molecule has 0 unspecified atom stereocenters. The van der Waals surface area contributed by atoms with Gasteiger partial charge in [-0.15, -0.1) is 0 Å². The normalized spacial score (nSPS) is 20.9. The molecule has 1 aliphatic heterocycles. The Morgan fingerprint density at radius 1 is 1.38 bits per heavy atom. The van der Waals surface area contributed by atoms with Crippen molar-refractivity contribution in [3.8, 4) is 0 Å². The molecular weight excluding hydrogens is 307 g/mol. The summed E-state index contributed by atoms with van der Waals surface area (Å²) in [5, 5.41) is 0. The molecule has 0 aromatic rings. The number of alkyl halides is 3. The van der Waals surface area contributed by atoms with Crippen LogP contribution in [0.3, 0.4) is 0 Å². The van der Waals surface area contributed by atoms with Crippen molar-refractivity contribution in [2.75, 3.05) is 0 Å². The molecule has 2 aliphatic rings. The number of nitrogens with zero attached hydrogens (tertiary/aromatic N) is 1. The van der Waals surface area contributed by atoms with Crippen LogP contribution >= 0.6 is 27.7 Å². The number of Topliss-reactive ketones (excluding diaryl/α,β-unsaturated/α-hetero) is 1. The molecule has 0 spiro atoms. The summed E-state index contributed by atoms with van der Waals surface area (Å²) in [6, 6.07) is 0. The van der Waals surface area contributed by atoms with Gasteiger partial charge in [-0.05, 0) is 18.2 Å². The summed E-state index contributed by atoms with van der Waals surface area (Å²) in [5.74, 6) is -0.276. The van der Waals surface area contributed by atoms with Gasteiger partial charge < -0.3 is 0 Å². The third kappa shape index (κ3) is 2.24. The van der Waals surface area contributed by atoms with Crippen molar-refractivity contribution in [2.45, 2.75) is 18.3 Å². The zero-order valence-corrected chi connectivity index (χ0v) is 10.2. The molecule has 1 heterocycles. The lowest BCUT2D eigenvalue weighted by atomic mass is 9.98. The number of hydrogen-bond acceptors (Lipinski definition) is 3. The Morgan fingerprint density at radius 2 is 2.06 bits per heavy atom. The first-order valence-electron chi connectivity index (χ1n) is 4.35. The molecule has 0 fully saturated rings. The van der Waals surface area contributed by atoms with Crippen molar-refractivity contribution in [1.82, 2.24) is 0 Å². The Bertz CT molecular complexity index is 450. The molecule has 0 bridgehead atoms. The second-order valence-electron chi connectivity index (χ2n) is 3.22. The Hall–Kier alpha value is -0.560. The quantitative estimate of drug-likeness (QED) is 0.741. The average molecular weight is 312 g/mol. The van der Waals surface area contributed by atoms with Crippen LogP contribution in [-0.4, -0.2) is 17.5 Å². The topological polar surface area (TPSA) is 29.4 Å². The van der Waals surface area contributed by atoms with E-state index < -0.39 is 5.51 Å². The first-order valence-corrected chi connectivity index (χ1v) is 5.96. The van der Waals surface area contributed by atoms with Crippen LogP contribution < -0.4 is 0 Å². The summed E-state index contributed by atoms with van der Waals surface area (Å²) in [4.78, 5) is 15.3. The van der Waals surface area contributed by atoms with Gasteiger partial charge >= 0.3 is 5.51 Å². The lowest BCUT2D eigenvalue weighted by molar-refractivity contribution is -0.115. The van der Waals surface area contributed by atoms with E-state index in [-0.39, 0.29) is 34.4 Å². The van der Waals surface area contributed by atoms with E-state index in [0.717, 1.165) is 6.21 Å². The van der Waals surface area contributed by atoms with Crippen molar-refractivity contribution >= 4 is 39.7 Å². The highest BCUT2D eigenvalue weighted by atomic mass is 79.9. The molecule has 0 amide bonds. The maximum absolute atomic E-state index is 12.2. The summed E-state index contributed by atoms with van der Waals surface area (Å²) >= 11 is 2.93. The molecule has 16 heavy (non-hydrogen) atoms. The Labute approximate surface area is 102 Å². The van der Waals surface area contributed by atoms with Crippen molar-refractivity contribution in [1.29, 1.82) is 0 Å². The summed E-state index contributed by atoms with van der Waals surface area (Å²) in [7, 11) is 0.